The highest BCUT2D eigenvalue weighted by Gasteiger charge is 1.98. The highest BCUT2D eigenvalue weighted by molar-refractivity contribution is 14.1. The second kappa shape index (κ2) is 10.8. The van der Waals surface area contributed by atoms with Crippen LogP contribution < -0.4 is 5.32 Å². The molecule has 0 aliphatic carbocycles. The summed E-state index contributed by atoms with van der Waals surface area (Å²) in [5.74, 6) is 2.92. The fraction of sp³-hybridized carbons (Fsp3) is 0.727. The minimum Gasteiger partial charge on any atom is -0.345 e. The van der Waals surface area contributed by atoms with Crippen molar-refractivity contribution in [3.8, 4) is 9.85 Å². The molecule has 0 radical (unpaired) electrons. The molecule has 0 aliphatic heterocycles. The second-order valence-electron chi connectivity index (χ2n) is 3.21. The van der Waals surface area contributed by atoms with E-state index in [0.29, 0.717) is 13.0 Å². The normalized spacial score (nSPS) is 9.00. The van der Waals surface area contributed by atoms with Crippen LogP contribution in [0.3, 0.4) is 0 Å². The lowest BCUT2D eigenvalue weighted by Gasteiger charge is -2.00. The standard InChI is InChI=1S/C11H18INO/c1-2-3-4-5-6-8-11(14)13-10-7-9-12/h2-6,8,10H2,1H3,(H,13,14). The van der Waals surface area contributed by atoms with Crippen molar-refractivity contribution < 1.29 is 4.79 Å². The molecule has 0 atom stereocenters. The molecule has 0 saturated carbocycles. The first-order valence-corrected chi connectivity index (χ1v) is 6.24. The summed E-state index contributed by atoms with van der Waals surface area (Å²) in [7, 11) is 0. The lowest BCUT2D eigenvalue weighted by Crippen LogP contribution is -2.22. The molecule has 14 heavy (non-hydrogen) atoms. The summed E-state index contributed by atoms with van der Waals surface area (Å²) < 4.78 is 2.71. The van der Waals surface area contributed by atoms with Gasteiger partial charge in [-0.1, -0.05) is 38.5 Å². The quantitative estimate of drug-likeness (QED) is 0.437. The molecule has 0 rings (SSSR count). The number of rotatable bonds is 7. The highest BCUT2D eigenvalue weighted by atomic mass is 127. The van der Waals surface area contributed by atoms with Crippen molar-refractivity contribution in [1.29, 1.82) is 0 Å². The molecular formula is C11H18INO. The van der Waals surface area contributed by atoms with Gasteiger partial charge in [0.2, 0.25) is 5.91 Å². The Morgan fingerprint density at radius 2 is 2.00 bits per heavy atom. The summed E-state index contributed by atoms with van der Waals surface area (Å²) in [5.41, 5.74) is 0. The molecule has 3 heteroatoms. The topological polar surface area (TPSA) is 29.1 Å². The fourth-order valence-corrected chi connectivity index (χ4v) is 1.34. The number of hydrogen-bond acceptors (Lipinski definition) is 1. The maximum Gasteiger partial charge on any atom is 0.220 e. The van der Waals surface area contributed by atoms with Crippen LogP contribution in [-0.2, 0) is 4.79 Å². The van der Waals surface area contributed by atoms with Crippen molar-refractivity contribution >= 4 is 28.5 Å². The van der Waals surface area contributed by atoms with Crippen LogP contribution in [0.5, 0.6) is 0 Å². The van der Waals surface area contributed by atoms with Gasteiger partial charge in [0.05, 0.1) is 6.54 Å². The Labute approximate surface area is 100 Å². The van der Waals surface area contributed by atoms with Crippen molar-refractivity contribution in [2.24, 2.45) is 0 Å². The van der Waals surface area contributed by atoms with Gasteiger partial charge in [-0.15, -0.1) is 0 Å². The van der Waals surface area contributed by atoms with E-state index < -0.39 is 0 Å². The Balaban J connectivity index is 3.21. The van der Waals surface area contributed by atoms with Crippen LogP contribution in [0.15, 0.2) is 0 Å². The molecule has 0 aromatic rings. The van der Waals surface area contributed by atoms with E-state index in [1.807, 2.05) is 22.6 Å². The molecule has 0 unspecified atom stereocenters. The van der Waals surface area contributed by atoms with Gasteiger partial charge in [-0.3, -0.25) is 4.79 Å². The zero-order chi connectivity index (χ0) is 10.6. The first-order valence-electron chi connectivity index (χ1n) is 5.16. The summed E-state index contributed by atoms with van der Waals surface area (Å²) in [4.78, 5) is 11.2. The number of nitrogens with one attached hydrogen (secondary N) is 1. The van der Waals surface area contributed by atoms with Gasteiger partial charge < -0.3 is 5.32 Å². The van der Waals surface area contributed by atoms with Gasteiger partial charge in [-0.05, 0) is 10.3 Å². The zero-order valence-corrected chi connectivity index (χ0v) is 10.9. The molecule has 0 fully saturated rings. The van der Waals surface area contributed by atoms with Crippen LogP contribution in [0.1, 0.15) is 45.4 Å². The molecule has 2 nitrogen and oxygen atoms in total. The summed E-state index contributed by atoms with van der Waals surface area (Å²) in [6, 6.07) is 0. The average Bonchev–Trinajstić information content (AvgIpc) is 2.18. The summed E-state index contributed by atoms with van der Waals surface area (Å²) in [6.07, 6.45) is 6.59. The maximum absolute atomic E-state index is 11.2. The van der Waals surface area contributed by atoms with Crippen LogP contribution in [0.25, 0.3) is 0 Å². The predicted octanol–water partition coefficient (Wildman–Crippen LogP) is 2.86. The first-order chi connectivity index (χ1) is 6.81. The molecular weight excluding hydrogens is 289 g/mol. The monoisotopic (exact) mass is 307 g/mol. The smallest absolute Gasteiger partial charge is 0.220 e. The van der Waals surface area contributed by atoms with Gasteiger partial charge in [-0.2, -0.15) is 0 Å². The Morgan fingerprint density at radius 1 is 1.29 bits per heavy atom. The van der Waals surface area contributed by atoms with E-state index in [1.54, 1.807) is 0 Å². The minimum atomic E-state index is 0.126. The number of halogens is 1. The number of amides is 1. The number of unbranched alkanes of at least 4 members (excludes halogenated alkanes) is 4. The van der Waals surface area contributed by atoms with Crippen molar-refractivity contribution in [2.45, 2.75) is 45.4 Å². The predicted molar refractivity (Wildman–Crippen MR) is 68.2 cm³/mol. The van der Waals surface area contributed by atoms with Gasteiger partial charge in [-0.25, -0.2) is 0 Å². The van der Waals surface area contributed by atoms with E-state index in [0.717, 1.165) is 6.42 Å². The minimum absolute atomic E-state index is 0.126. The SMILES string of the molecule is CCCCCCCC(=O)NCC#CI. The van der Waals surface area contributed by atoms with Crippen LogP contribution in [0.4, 0.5) is 0 Å². The lowest BCUT2D eigenvalue weighted by atomic mass is 10.1. The summed E-state index contributed by atoms with van der Waals surface area (Å²) >= 11 is 1.97. The third kappa shape index (κ3) is 9.85. The van der Waals surface area contributed by atoms with Crippen LogP contribution in [0, 0.1) is 9.85 Å². The third-order valence-corrected chi connectivity index (χ3v) is 2.33. The molecule has 0 bridgehead atoms. The molecule has 1 amide bonds. The molecule has 0 aromatic carbocycles. The fourth-order valence-electron chi connectivity index (χ4n) is 1.15. The van der Waals surface area contributed by atoms with Crippen molar-refractivity contribution in [1.82, 2.24) is 5.32 Å². The number of hydrogen-bond donors (Lipinski definition) is 1. The zero-order valence-electron chi connectivity index (χ0n) is 8.74. The van der Waals surface area contributed by atoms with Gasteiger partial charge in [0, 0.05) is 29.0 Å². The number of carbonyl (C=O) groups is 1. The van der Waals surface area contributed by atoms with E-state index in [4.69, 9.17) is 0 Å². The van der Waals surface area contributed by atoms with Crippen LogP contribution in [-0.4, -0.2) is 12.5 Å². The molecule has 0 spiro atoms. The van der Waals surface area contributed by atoms with Crippen molar-refractivity contribution in [3.05, 3.63) is 0 Å². The Bertz CT molecular complexity index is 205. The van der Waals surface area contributed by atoms with Gasteiger partial charge >= 0.3 is 0 Å². The highest BCUT2D eigenvalue weighted by Crippen LogP contribution is 2.04. The molecule has 0 saturated heterocycles. The van der Waals surface area contributed by atoms with Crippen LogP contribution >= 0.6 is 22.6 Å². The van der Waals surface area contributed by atoms with Gasteiger partial charge in [0.15, 0.2) is 0 Å². The molecule has 1 N–H and O–H groups in total. The molecule has 80 valence electrons. The molecule has 0 heterocycles. The summed E-state index contributed by atoms with van der Waals surface area (Å²) in [5, 5.41) is 2.76. The van der Waals surface area contributed by atoms with Crippen LogP contribution in [0.2, 0.25) is 0 Å². The van der Waals surface area contributed by atoms with Crippen molar-refractivity contribution in [3.63, 3.8) is 0 Å². The van der Waals surface area contributed by atoms with E-state index in [-0.39, 0.29) is 5.91 Å². The van der Waals surface area contributed by atoms with E-state index in [9.17, 15) is 4.79 Å². The maximum atomic E-state index is 11.2. The Hall–Kier alpha value is -0.240. The van der Waals surface area contributed by atoms with E-state index in [1.165, 1.54) is 25.7 Å². The van der Waals surface area contributed by atoms with Gasteiger partial charge in [0.1, 0.15) is 0 Å². The first kappa shape index (κ1) is 13.8. The average molecular weight is 307 g/mol. The van der Waals surface area contributed by atoms with E-state index >= 15 is 0 Å². The second-order valence-corrected chi connectivity index (χ2v) is 3.75. The summed E-state index contributed by atoms with van der Waals surface area (Å²) in [6.45, 7) is 2.67. The largest absolute Gasteiger partial charge is 0.345 e. The molecule has 0 aromatic heterocycles. The van der Waals surface area contributed by atoms with Crippen molar-refractivity contribution in [2.75, 3.05) is 6.54 Å². The Kier molecular flexibility index (Phi) is 10.7. The number of carbonyl (C=O) groups excluding carboxylic acids is 1. The Morgan fingerprint density at radius 3 is 2.64 bits per heavy atom. The van der Waals surface area contributed by atoms with E-state index in [2.05, 4.69) is 22.1 Å². The third-order valence-electron chi connectivity index (χ3n) is 1.95. The lowest BCUT2D eigenvalue weighted by molar-refractivity contribution is -0.120. The van der Waals surface area contributed by atoms with Gasteiger partial charge in [0.25, 0.3) is 0 Å². The molecule has 0 aliphatic rings.